The van der Waals surface area contributed by atoms with Crippen molar-refractivity contribution >= 4 is 11.5 Å². The predicted molar refractivity (Wildman–Crippen MR) is 106 cm³/mol. The average molecular weight is 353 g/mol. The van der Waals surface area contributed by atoms with Crippen molar-refractivity contribution < 1.29 is 9.47 Å². The molecule has 0 atom stereocenters. The lowest BCUT2D eigenvalue weighted by Gasteiger charge is -2.19. The van der Waals surface area contributed by atoms with E-state index in [9.17, 15) is 0 Å². The van der Waals surface area contributed by atoms with E-state index < -0.39 is 0 Å². The van der Waals surface area contributed by atoms with Gasteiger partial charge in [-0.25, -0.2) is 4.98 Å². The van der Waals surface area contributed by atoms with Gasteiger partial charge in [-0.15, -0.1) is 0 Å². The average Bonchev–Trinajstić information content (AvgIpc) is 3.01. The summed E-state index contributed by atoms with van der Waals surface area (Å²) in [5.74, 6) is 2.76. The van der Waals surface area contributed by atoms with Crippen LogP contribution in [0.4, 0.5) is 5.82 Å². The third-order valence-electron chi connectivity index (χ3n) is 4.32. The van der Waals surface area contributed by atoms with Crippen LogP contribution in [0.5, 0.6) is 11.5 Å². The Hall–Kier alpha value is -2.69. The summed E-state index contributed by atoms with van der Waals surface area (Å²) in [6, 6.07) is 13.7. The number of fused-ring (bicyclic) bond motifs is 1. The van der Waals surface area contributed by atoms with Crippen molar-refractivity contribution in [2.24, 2.45) is 0 Å². The monoisotopic (exact) mass is 353 g/mol. The molecule has 26 heavy (non-hydrogen) atoms. The van der Waals surface area contributed by atoms with Crippen LogP contribution in [0.3, 0.4) is 0 Å². The van der Waals surface area contributed by atoms with Gasteiger partial charge in [0.15, 0.2) is 11.4 Å². The highest BCUT2D eigenvalue weighted by Crippen LogP contribution is 2.27. The maximum absolute atomic E-state index is 5.94. The van der Waals surface area contributed by atoms with Crippen LogP contribution >= 0.6 is 0 Å². The molecule has 5 nitrogen and oxygen atoms in total. The molecule has 0 amide bonds. The van der Waals surface area contributed by atoms with Gasteiger partial charge in [-0.3, -0.25) is 4.40 Å². The lowest BCUT2D eigenvalue weighted by atomic mass is 10.3. The van der Waals surface area contributed by atoms with E-state index >= 15 is 0 Å². The lowest BCUT2D eigenvalue weighted by molar-refractivity contribution is 0.218. The summed E-state index contributed by atoms with van der Waals surface area (Å²) in [6.45, 7) is 6.24. The van der Waals surface area contributed by atoms with Crippen molar-refractivity contribution in [1.82, 2.24) is 9.38 Å². The van der Waals surface area contributed by atoms with Gasteiger partial charge in [-0.1, -0.05) is 31.5 Å². The number of hydrogen-bond acceptors (Lipinski definition) is 4. The molecular formula is C21H27N3O2. The molecule has 2 aromatic heterocycles. The molecule has 3 rings (SSSR count). The number of benzene rings is 1. The van der Waals surface area contributed by atoms with Crippen LogP contribution < -0.4 is 14.4 Å². The lowest BCUT2D eigenvalue weighted by Crippen LogP contribution is -2.20. The normalized spacial score (nSPS) is 10.9. The highest BCUT2D eigenvalue weighted by Gasteiger charge is 2.15. The standard InChI is InChI=1S/C21H27N3O2/c1-4-5-13-23(3)21-17(2)22-20-19(12-9-14-24(20)21)26-16-15-25-18-10-7-6-8-11-18/h6-12,14H,4-5,13,15-16H2,1-3H3. The van der Waals surface area contributed by atoms with Crippen molar-refractivity contribution in [1.29, 1.82) is 0 Å². The minimum absolute atomic E-state index is 0.474. The minimum atomic E-state index is 0.474. The van der Waals surface area contributed by atoms with Crippen LogP contribution in [0.2, 0.25) is 0 Å². The van der Waals surface area contributed by atoms with Gasteiger partial charge in [0.1, 0.15) is 24.8 Å². The molecule has 0 fully saturated rings. The van der Waals surface area contributed by atoms with E-state index in [0.717, 1.165) is 41.6 Å². The smallest absolute Gasteiger partial charge is 0.181 e. The first-order chi connectivity index (χ1) is 12.7. The van der Waals surface area contributed by atoms with E-state index in [4.69, 9.17) is 14.5 Å². The molecule has 0 spiro atoms. The fourth-order valence-electron chi connectivity index (χ4n) is 3.05. The molecule has 3 aromatic rings. The Balaban J connectivity index is 1.69. The molecular weight excluding hydrogens is 326 g/mol. The Labute approximate surface area is 155 Å². The SMILES string of the molecule is CCCCN(C)c1c(C)nc2c(OCCOc3ccccc3)cccn12. The fraction of sp³-hybridized carbons (Fsp3) is 0.381. The summed E-state index contributed by atoms with van der Waals surface area (Å²) in [7, 11) is 2.12. The molecule has 138 valence electrons. The second-order valence-electron chi connectivity index (χ2n) is 6.37. The first-order valence-electron chi connectivity index (χ1n) is 9.20. The van der Waals surface area contributed by atoms with Crippen molar-refractivity contribution in [3.8, 4) is 11.5 Å². The fourth-order valence-corrected chi connectivity index (χ4v) is 3.05. The largest absolute Gasteiger partial charge is 0.490 e. The van der Waals surface area contributed by atoms with Crippen molar-refractivity contribution in [3.63, 3.8) is 0 Å². The van der Waals surface area contributed by atoms with E-state index in [1.54, 1.807) is 0 Å². The van der Waals surface area contributed by atoms with E-state index in [0.29, 0.717) is 13.2 Å². The van der Waals surface area contributed by atoms with Gasteiger partial charge in [-0.2, -0.15) is 0 Å². The van der Waals surface area contributed by atoms with Crippen LogP contribution in [0.1, 0.15) is 25.5 Å². The number of rotatable bonds is 9. The molecule has 0 saturated carbocycles. The second kappa shape index (κ2) is 8.61. The van der Waals surface area contributed by atoms with Crippen LogP contribution in [-0.2, 0) is 0 Å². The maximum atomic E-state index is 5.94. The van der Waals surface area contributed by atoms with Crippen LogP contribution in [0, 0.1) is 6.92 Å². The van der Waals surface area contributed by atoms with Crippen LogP contribution in [0.25, 0.3) is 5.65 Å². The second-order valence-corrected chi connectivity index (χ2v) is 6.37. The quantitative estimate of drug-likeness (QED) is 0.537. The summed E-state index contributed by atoms with van der Waals surface area (Å²) < 4.78 is 13.7. The summed E-state index contributed by atoms with van der Waals surface area (Å²) in [5.41, 5.74) is 1.86. The molecule has 0 N–H and O–H groups in total. The topological polar surface area (TPSA) is 39.0 Å². The van der Waals surface area contributed by atoms with E-state index in [-0.39, 0.29) is 0 Å². The van der Waals surface area contributed by atoms with E-state index in [1.165, 1.54) is 6.42 Å². The molecule has 2 heterocycles. The van der Waals surface area contributed by atoms with Gasteiger partial charge in [0.25, 0.3) is 0 Å². The zero-order valence-corrected chi connectivity index (χ0v) is 15.8. The number of aromatic nitrogens is 2. The van der Waals surface area contributed by atoms with Crippen LogP contribution in [-0.4, -0.2) is 36.2 Å². The van der Waals surface area contributed by atoms with Gasteiger partial charge in [0, 0.05) is 19.8 Å². The van der Waals surface area contributed by atoms with E-state index in [2.05, 4.69) is 23.3 Å². The zero-order chi connectivity index (χ0) is 18.4. The molecule has 0 aliphatic rings. The molecule has 5 heteroatoms. The Morgan fingerprint density at radius 2 is 1.81 bits per heavy atom. The number of aryl methyl sites for hydroxylation is 1. The minimum Gasteiger partial charge on any atom is -0.490 e. The molecule has 0 unspecified atom stereocenters. The number of anilines is 1. The number of ether oxygens (including phenoxy) is 2. The third kappa shape index (κ3) is 4.10. The molecule has 1 aromatic carbocycles. The highest BCUT2D eigenvalue weighted by atomic mass is 16.5. The Morgan fingerprint density at radius 1 is 1.04 bits per heavy atom. The summed E-state index contributed by atoms with van der Waals surface area (Å²) in [5, 5.41) is 0. The number of nitrogens with zero attached hydrogens (tertiary/aromatic N) is 3. The van der Waals surface area contributed by atoms with Gasteiger partial charge >= 0.3 is 0 Å². The number of para-hydroxylation sites is 1. The number of pyridine rings is 1. The maximum Gasteiger partial charge on any atom is 0.181 e. The number of imidazole rings is 1. The first-order valence-corrected chi connectivity index (χ1v) is 9.20. The van der Waals surface area contributed by atoms with Crippen LogP contribution in [0.15, 0.2) is 48.7 Å². The van der Waals surface area contributed by atoms with Gasteiger partial charge in [0.2, 0.25) is 0 Å². The molecule has 0 aliphatic carbocycles. The van der Waals surface area contributed by atoms with Crippen molar-refractivity contribution in [3.05, 3.63) is 54.4 Å². The highest BCUT2D eigenvalue weighted by molar-refractivity contribution is 5.63. The molecule has 0 bridgehead atoms. The Bertz CT molecular complexity index is 830. The number of unbranched alkanes of at least 4 members (excludes halogenated alkanes) is 1. The van der Waals surface area contributed by atoms with Crippen molar-refractivity contribution in [2.45, 2.75) is 26.7 Å². The van der Waals surface area contributed by atoms with Gasteiger partial charge < -0.3 is 14.4 Å². The Kier molecular flexibility index (Phi) is 6.00. The molecule has 0 aliphatic heterocycles. The summed E-state index contributed by atoms with van der Waals surface area (Å²) >= 11 is 0. The van der Waals surface area contributed by atoms with Crippen molar-refractivity contribution in [2.75, 3.05) is 31.7 Å². The molecule has 0 radical (unpaired) electrons. The first kappa shape index (κ1) is 18.1. The zero-order valence-electron chi connectivity index (χ0n) is 15.8. The number of hydrogen-bond donors (Lipinski definition) is 0. The van der Waals surface area contributed by atoms with E-state index in [1.807, 2.05) is 55.6 Å². The predicted octanol–water partition coefficient (Wildman–Crippen LogP) is 4.34. The summed E-state index contributed by atoms with van der Waals surface area (Å²) in [4.78, 5) is 7.00. The summed E-state index contributed by atoms with van der Waals surface area (Å²) in [6.07, 6.45) is 4.38. The third-order valence-corrected chi connectivity index (χ3v) is 4.32. The Morgan fingerprint density at radius 3 is 2.58 bits per heavy atom. The van der Waals surface area contributed by atoms with Gasteiger partial charge in [-0.05, 0) is 37.6 Å². The molecule has 0 saturated heterocycles. The van der Waals surface area contributed by atoms with Gasteiger partial charge in [0.05, 0.1) is 5.69 Å².